The SMILES string of the molecule is CC(=O)OCc1cc(F)c(Br)cc1C. The Labute approximate surface area is 90.2 Å². The largest absolute Gasteiger partial charge is 0.461 e. The van der Waals surface area contributed by atoms with Crippen LogP contribution in [0.15, 0.2) is 16.6 Å². The van der Waals surface area contributed by atoms with Gasteiger partial charge >= 0.3 is 5.97 Å². The molecule has 0 saturated carbocycles. The number of hydrogen-bond acceptors (Lipinski definition) is 2. The zero-order valence-corrected chi connectivity index (χ0v) is 9.52. The number of aryl methyl sites for hydroxylation is 1. The quantitative estimate of drug-likeness (QED) is 0.765. The lowest BCUT2D eigenvalue weighted by molar-refractivity contribution is -0.142. The molecule has 76 valence electrons. The van der Waals surface area contributed by atoms with Crippen LogP contribution in [0.2, 0.25) is 0 Å². The van der Waals surface area contributed by atoms with E-state index in [1.807, 2.05) is 6.92 Å². The van der Waals surface area contributed by atoms with Gasteiger partial charge in [0.1, 0.15) is 12.4 Å². The summed E-state index contributed by atoms with van der Waals surface area (Å²) in [4.78, 5) is 10.6. The molecular weight excluding hydrogens is 251 g/mol. The molecule has 0 fully saturated rings. The molecular formula is C10H10BrFO2. The highest BCUT2D eigenvalue weighted by Crippen LogP contribution is 2.20. The first-order valence-corrected chi connectivity index (χ1v) is 4.88. The van der Waals surface area contributed by atoms with Crippen LogP contribution in [0.25, 0.3) is 0 Å². The minimum atomic E-state index is -0.368. The third-order valence-electron chi connectivity index (χ3n) is 1.81. The molecule has 1 rings (SSSR count). The summed E-state index contributed by atoms with van der Waals surface area (Å²) in [6.07, 6.45) is 0. The van der Waals surface area contributed by atoms with Crippen LogP contribution in [0, 0.1) is 12.7 Å². The van der Waals surface area contributed by atoms with Gasteiger partial charge in [0, 0.05) is 6.92 Å². The Morgan fingerprint density at radius 3 is 2.79 bits per heavy atom. The summed E-state index contributed by atoms with van der Waals surface area (Å²) < 4.78 is 18.3. The van der Waals surface area contributed by atoms with Crippen molar-refractivity contribution in [3.05, 3.63) is 33.5 Å². The molecule has 0 atom stereocenters. The smallest absolute Gasteiger partial charge is 0.302 e. The van der Waals surface area contributed by atoms with Crippen molar-refractivity contribution in [3.8, 4) is 0 Å². The molecule has 0 aromatic heterocycles. The van der Waals surface area contributed by atoms with Gasteiger partial charge in [0.05, 0.1) is 4.47 Å². The van der Waals surface area contributed by atoms with Crippen molar-refractivity contribution < 1.29 is 13.9 Å². The first-order valence-electron chi connectivity index (χ1n) is 4.08. The van der Waals surface area contributed by atoms with Crippen LogP contribution in [0.3, 0.4) is 0 Å². The van der Waals surface area contributed by atoms with E-state index in [0.717, 1.165) is 5.56 Å². The van der Waals surface area contributed by atoms with Crippen LogP contribution in [0.1, 0.15) is 18.1 Å². The van der Waals surface area contributed by atoms with Crippen molar-refractivity contribution in [3.63, 3.8) is 0 Å². The fourth-order valence-corrected chi connectivity index (χ4v) is 1.48. The summed E-state index contributed by atoms with van der Waals surface area (Å²) in [5, 5.41) is 0. The predicted octanol–water partition coefficient (Wildman–Crippen LogP) is 2.96. The highest BCUT2D eigenvalue weighted by Gasteiger charge is 2.06. The Morgan fingerprint density at radius 1 is 1.57 bits per heavy atom. The lowest BCUT2D eigenvalue weighted by Gasteiger charge is -2.07. The number of carbonyl (C=O) groups is 1. The fraction of sp³-hybridized carbons (Fsp3) is 0.300. The van der Waals surface area contributed by atoms with E-state index in [4.69, 9.17) is 4.74 Å². The van der Waals surface area contributed by atoms with Gasteiger partial charge in [-0.05, 0) is 46.1 Å². The maximum atomic E-state index is 13.1. The lowest BCUT2D eigenvalue weighted by atomic mass is 10.1. The average molecular weight is 261 g/mol. The van der Waals surface area contributed by atoms with E-state index in [1.54, 1.807) is 6.07 Å². The zero-order chi connectivity index (χ0) is 10.7. The molecule has 1 aromatic carbocycles. The molecule has 0 aliphatic heterocycles. The van der Waals surface area contributed by atoms with Crippen LogP contribution in [-0.4, -0.2) is 5.97 Å². The highest BCUT2D eigenvalue weighted by atomic mass is 79.9. The van der Waals surface area contributed by atoms with E-state index in [0.29, 0.717) is 10.0 Å². The number of esters is 1. The maximum absolute atomic E-state index is 13.1. The van der Waals surface area contributed by atoms with Crippen LogP contribution in [0.4, 0.5) is 4.39 Å². The third-order valence-corrected chi connectivity index (χ3v) is 2.42. The summed E-state index contributed by atoms with van der Waals surface area (Å²) in [5.74, 6) is -0.717. The molecule has 0 aliphatic rings. The number of carbonyl (C=O) groups excluding carboxylic acids is 1. The molecule has 0 N–H and O–H groups in total. The van der Waals surface area contributed by atoms with Gasteiger partial charge in [0.25, 0.3) is 0 Å². The van der Waals surface area contributed by atoms with Gasteiger partial charge in [-0.1, -0.05) is 0 Å². The van der Waals surface area contributed by atoms with E-state index < -0.39 is 0 Å². The summed E-state index contributed by atoms with van der Waals surface area (Å²) in [6, 6.07) is 3.02. The maximum Gasteiger partial charge on any atom is 0.302 e. The Hall–Kier alpha value is -0.900. The molecule has 0 saturated heterocycles. The number of halogens is 2. The second kappa shape index (κ2) is 4.55. The fourth-order valence-electron chi connectivity index (χ4n) is 1.02. The second-order valence-corrected chi connectivity index (χ2v) is 3.83. The molecule has 14 heavy (non-hydrogen) atoms. The van der Waals surface area contributed by atoms with Crippen molar-refractivity contribution in [2.75, 3.05) is 0 Å². The van der Waals surface area contributed by atoms with E-state index in [1.165, 1.54) is 13.0 Å². The monoisotopic (exact) mass is 260 g/mol. The Balaban J connectivity index is 2.87. The first kappa shape index (κ1) is 11.2. The first-order chi connectivity index (χ1) is 6.50. The summed E-state index contributed by atoms with van der Waals surface area (Å²) in [5.41, 5.74) is 1.57. The van der Waals surface area contributed by atoms with Crippen LogP contribution < -0.4 is 0 Å². The molecule has 0 bridgehead atoms. The van der Waals surface area contributed by atoms with E-state index in [9.17, 15) is 9.18 Å². The Kier molecular flexibility index (Phi) is 3.63. The zero-order valence-electron chi connectivity index (χ0n) is 7.93. The second-order valence-electron chi connectivity index (χ2n) is 2.97. The topological polar surface area (TPSA) is 26.3 Å². The van der Waals surface area contributed by atoms with Gasteiger partial charge in [-0.3, -0.25) is 4.79 Å². The number of benzene rings is 1. The number of hydrogen-bond donors (Lipinski definition) is 0. The molecule has 0 spiro atoms. The van der Waals surface area contributed by atoms with Crippen molar-refractivity contribution in [1.82, 2.24) is 0 Å². The lowest BCUT2D eigenvalue weighted by Crippen LogP contribution is -2.01. The molecule has 2 nitrogen and oxygen atoms in total. The standard InChI is InChI=1S/C10H10BrFO2/c1-6-3-9(11)10(12)4-8(6)5-14-7(2)13/h3-4H,5H2,1-2H3. The minimum Gasteiger partial charge on any atom is -0.461 e. The van der Waals surface area contributed by atoms with Crippen LogP contribution >= 0.6 is 15.9 Å². The number of rotatable bonds is 2. The molecule has 4 heteroatoms. The normalized spacial score (nSPS) is 10.0. The van der Waals surface area contributed by atoms with Crippen LogP contribution in [-0.2, 0) is 16.1 Å². The van der Waals surface area contributed by atoms with Gasteiger partial charge in [-0.2, -0.15) is 0 Å². The van der Waals surface area contributed by atoms with E-state index in [2.05, 4.69) is 15.9 Å². The third kappa shape index (κ3) is 2.80. The molecule has 0 unspecified atom stereocenters. The van der Waals surface area contributed by atoms with Gasteiger partial charge in [-0.15, -0.1) is 0 Å². The Bertz CT molecular complexity index is 363. The number of ether oxygens (including phenoxy) is 1. The Morgan fingerprint density at radius 2 is 2.21 bits per heavy atom. The summed E-state index contributed by atoms with van der Waals surface area (Å²) in [6.45, 7) is 3.28. The van der Waals surface area contributed by atoms with Crippen molar-refractivity contribution in [1.29, 1.82) is 0 Å². The van der Waals surface area contributed by atoms with Gasteiger partial charge in [0.2, 0.25) is 0 Å². The molecule has 0 radical (unpaired) electrons. The average Bonchev–Trinajstić information content (AvgIpc) is 2.09. The molecule has 1 aromatic rings. The van der Waals surface area contributed by atoms with Crippen molar-refractivity contribution in [2.45, 2.75) is 20.5 Å². The predicted molar refractivity (Wildman–Crippen MR) is 54.3 cm³/mol. The van der Waals surface area contributed by atoms with Gasteiger partial charge in [-0.25, -0.2) is 4.39 Å². The van der Waals surface area contributed by atoms with Crippen molar-refractivity contribution >= 4 is 21.9 Å². The van der Waals surface area contributed by atoms with E-state index in [-0.39, 0.29) is 18.4 Å². The molecule has 0 aliphatic carbocycles. The molecule has 0 amide bonds. The van der Waals surface area contributed by atoms with Gasteiger partial charge < -0.3 is 4.74 Å². The van der Waals surface area contributed by atoms with Gasteiger partial charge in [0.15, 0.2) is 0 Å². The van der Waals surface area contributed by atoms with Crippen LogP contribution in [0.5, 0.6) is 0 Å². The van der Waals surface area contributed by atoms with Crippen molar-refractivity contribution in [2.24, 2.45) is 0 Å². The summed E-state index contributed by atoms with van der Waals surface area (Å²) >= 11 is 3.08. The highest BCUT2D eigenvalue weighted by molar-refractivity contribution is 9.10. The molecule has 0 heterocycles. The van der Waals surface area contributed by atoms with E-state index >= 15 is 0 Å². The summed E-state index contributed by atoms with van der Waals surface area (Å²) in [7, 11) is 0. The minimum absolute atomic E-state index is 0.116.